The van der Waals surface area contributed by atoms with E-state index in [0.717, 1.165) is 5.56 Å². The molecule has 0 unspecified atom stereocenters. The van der Waals surface area contributed by atoms with E-state index in [1.807, 2.05) is 10.6 Å². The van der Waals surface area contributed by atoms with Crippen LogP contribution in [-0.2, 0) is 0 Å². The van der Waals surface area contributed by atoms with Crippen LogP contribution < -0.4 is 5.73 Å². The Bertz CT molecular complexity index is 779. The number of fused-ring (bicyclic) bond motifs is 1. The number of hydrogen-bond acceptors (Lipinski definition) is 4. The lowest BCUT2D eigenvalue weighted by Crippen LogP contribution is -2.13. The van der Waals surface area contributed by atoms with Gasteiger partial charge in [-0.1, -0.05) is 11.6 Å². The van der Waals surface area contributed by atoms with Crippen molar-refractivity contribution >= 4 is 23.1 Å². The Labute approximate surface area is 113 Å². The Kier molecular flexibility index (Phi) is 2.64. The molecule has 6 nitrogen and oxygen atoms in total. The first-order chi connectivity index (χ1) is 9.15. The molecule has 0 fully saturated rings. The Morgan fingerprint density at radius 2 is 2.11 bits per heavy atom. The van der Waals surface area contributed by atoms with Gasteiger partial charge in [-0.15, -0.1) is 0 Å². The van der Waals surface area contributed by atoms with Gasteiger partial charge >= 0.3 is 0 Å². The first-order valence-corrected chi connectivity index (χ1v) is 5.82. The molecule has 0 amide bonds. The second-order valence-electron chi connectivity index (χ2n) is 3.94. The fraction of sp³-hybridized carbons (Fsp3) is 0. The van der Waals surface area contributed by atoms with Crippen molar-refractivity contribution in [2.24, 2.45) is 5.73 Å². The molecule has 0 aliphatic carbocycles. The van der Waals surface area contributed by atoms with Gasteiger partial charge in [0, 0.05) is 24.2 Å². The van der Waals surface area contributed by atoms with Gasteiger partial charge in [0.05, 0.1) is 10.7 Å². The standard InChI is InChI=1S/C12H9ClN6/c13-8-3-7(5-19-2-1-16-12(8)19)9-4-10(11(14)15)18-6-17-9/h1-6H,(H3,14,15). The third-order valence-electron chi connectivity index (χ3n) is 2.68. The molecule has 19 heavy (non-hydrogen) atoms. The number of hydrogen-bond donors (Lipinski definition) is 2. The summed E-state index contributed by atoms with van der Waals surface area (Å²) in [5.41, 5.74) is 7.94. The zero-order valence-corrected chi connectivity index (χ0v) is 10.5. The molecule has 0 saturated heterocycles. The van der Waals surface area contributed by atoms with Gasteiger partial charge in [-0.25, -0.2) is 15.0 Å². The van der Waals surface area contributed by atoms with Crippen LogP contribution in [-0.4, -0.2) is 25.2 Å². The SMILES string of the molecule is N=C(N)c1cc(-c2cc(Cl)c3nccn3c2)ncn1. The number of nitrogens with two attached hydrogens (primary N) is 1. The van der Waals surface area contributed by atoms with Gasteiger partial charge in [0.25, 0.3) is 0 Å². The number of amidine groups is 1. The van der Waals surface area contributed by atoms with Gasteiger partial charge in [0.1, 0.15) is 17.9 Å². The van der Waals surface area contributed by atoms with Crippen molar-refractivity contribution in [3.8, 4) is 11.3 Å². The fourth-order valence-corrected chi connectivity index (χ4v) is 2.06. The minimum atomic E-state index is -0.0987. The van der Waals surface area contributed by atoms with Gasteiger partial charge in [0.2, 0.25) is 0 Å². The average molecular weight is 273 g/mol. The molecule has 0 radical (unpaired) electrons. The van der Waals surface area contributed by atoms with Crippen LogP contribution in [0.3, 0.4) is 0 Å². The van der Waals surface area contributed by atoms with Crippen molar-refractivity contribution in [1.82, 2.24) is 19.4 Å². The Balaban J connectivity index is 2.18. The van der Waals surface area contributed by atoms with E-state index < -0.39 is 0 Å². The number of nitrogens with zero attached hydrogens (tertiary/aromatic N) is 4. The molecule has 3 N–H and O–H groups in total. The topological polar surface area (TPSA) is 93.0 Å². The molecule has 0 aromatic carbocycles. The Morgan fingerprint density at radius 1 is 1.26 bits per heavy atom. The number of rotatable bonds is 2. The van der Waals surface area contributed by atoms with Gasteiger partial charge < -0.3 is 10.1 Å². The zero-order chi connectivity index (χ0) is 13.4. The number of halogens is 1. The van der Waals surface area contributed by atoms with Crippen molar-refractivity contribution in [3.05, 3.63) is 47.8 Å². The van der Waals surface area contributed by atoms with Crippen LogP contribution >= 0.6 is 11.6 Å². The highest BCUT2D eigenvalue weighted by molar-refractivity contribution is 6.33. The van der Waals surface area contributed by atoms with E-state index in [4.69, 9.17) is 22.7 Å². The quantitative estimate of drug-likeness (QED) is 0.549. The minimum absolute atomic E-state index is 0.0987. The van der Waals surface area contributed by atoms with Gasteiger partial charge in [-0.05, 0) is 12.1 Å². The van der Waals surface area contributed by atoms with Crippen LogP contribution in [0.5, 0.6) is 0 Å². The molecule has 3 aromatic heterocycles. The lowest BCUT2D eigenvalue weighted by molar-refractivity contribution is 1.13. The van der Waals surface area contributed by atoms with Crippen molar-refractivity contribution < 1.29 is 0 Å². The molecule has 94 valence electrons. The number of aromatic nitrogens is 4. The number of imidazole rings is 1. The molecule has 0 spiro atoms. The van der Waals surface area contributed by atoms with Crippen LogP contribution in [0.15, 0.2) is 37.1 Å². The summed E-state index contributed by atoms with van der Waals surface area (Å²) in [4.78, 5) is 12.2. The summed E-state index contributed by atoms with van der Waals surface area (Å²) < 4.78 is 1.81. The number of nitrogen functional groups attached to an aromatic ring is 1. The van der Waals surface area contributed by atoms with Gasteiger partial charge in [-0.2, -0.15) is 0 Å². The average Bonchev–Trinajstić information content (AvgIpc) is 2.87. The van der Waals surface area contributed by atoms with Crippen LogP contribution in [0.2, 0.25) is 5.02 Å². The van der Waals surface area contributed by atoms with Gasteiger partial charge in [-0.3, -0.25) is 5.41 Å². The molecule has 0 aliphatic rings. The maximum absolute atomic E-state index is 7.39. The number of nitrogens with one attached hydrogen (secondary N) is 1. The van der Waals surface area contributed by atoms with Crippen molar-refractivity contribution in [2.45, 2.75) is 0 Å². The summed E-state index contributed by atoms with van der Waals surface area (Å²) in [5.74, 6) is -0.0987. The predicted molar refractivity (Wildman–Crippen MR) is 72.2 cm³/mol. The fourth-order valence-electron chi connectivity index (χ4n) is 1.79. The number of pyridine rings is 1. The molecule has 0 bridgehead atoms. The Morgan fingerprint density at radius 3 is 2.89 bits per heavy atom. The molecular weight excluding hydrogens is 264 g/mol. The molecule has 3 aromatic rings. The second kappa shape index (κ2) is 4.33. The highest BCUT2D eigenvalue weighted by Crippen LogP contribution is 2.24. The van der Waals surface area contributed by atoms with Gasteiger partial charge in [0.15, 0.2) is 5.65 Å². The maximum Gasteiger partial charge on any atom is 0.155 e. The van der Waals surface area contributed by atoms with E-state index in [1.54, 1.807) is 24.5 Å². The summed E-state index contributed by atoms with van der Waals surface area (Å²) in [6.07, 6.45) is 6.71. The van der Waals surface area contributed by atoms with Crippen LogP contribution in [0, 0.1) is 5.41 Å². The van der Waals surface area contributed by atoms with E-state index in [9.17, 15) is 0 Å². The third kappa shape index (κ3) is 2.02. The summed E-state index contributed by atoms with van der Waals surface area (Å²) in [7, 11) is 0. The lowest BCUT2D eigenvalue weighted by Gasteiger charge is -2.05. The molecule has 3 rings (SSSR count). The first-order valence-electron chi connectivity index (χ1n) is 5.44. The van der Waals surface area contributed by atoms with Crippen LogP contribution in [0.1, 0.15) is 5.69 Å². The molecule has 0 atom stereocenters. The third-order valence-corrected chi connectivity index (χ3v) is 2.96. The normalized spacial score (nSPS) is 10.8. The van der Waals surface area contributed by atoms with Crippen molar-refractivity contribution in [1.29, 1.82) is 5.41 Å². The highest BCUT2D eigenvalue weighted by atomic mass is 35.5. The monoisotopic (exact) mass is 272 g/mol. The lowest BCUT2D eigenvalue weighted by atomic mass is 10.2. The zero-order valence-electron chi connectivity index (χ0n) is 9.71. The van der Waals surface area contributed by atoms with Crippen molar-refractivity contribution in [3.63, 3.8) is 0 Å². The van der Waals surface area contributed by atoms with Crippen LogP contribution in [0.4, 0.5) is 0 Å². The second-order valence-corrected chi connectivity index (χ2v) is 4.34. The maximum atomic E-state index is 7.39. The minimum Gasteiger partial charge on any atom is -0.382 e. The molecule has 0 saturated carbocycles. The molecular formula is C12H9ClN6. The van der Waals surface area contributed by atoms with E-state index in [-0.39, 0.29) is 5.84 Å². The largest absolute Gasteiger partial charge is 0.382 e. The van der Waals surface area contributed by atoms with E-state index in [1.165, 1.54) is 6.33 Å². The van der Waals surface area contributed by atoms with E-state index in [0.29, 0.717) is 22.1 Å². The van der Waals surface area contributed by atoms with E-state index in [2.05, 4.69) is 15.0 Å². The van der Waals surface area contributed by atoms with Crippen LogP contribution in [0.25, 0.3) is 16.9 Å². The first kappa shape index (κ1) is 11.6. The predicted octanol–water partition coefficient (Wildman–Crippen LogP) is 1.73. The molecule has 0 aliphatic heterocycles. The summed E-state index contributed by atoms with van der Waals surface area (Å²) in [6, 6.07) is 3.42. The smallest absolute Gasteiger partial charge is 0.155 e. The molecule has 3 heterocycles. The van der Waals surface area contributed by atoms with Crippen molar-refractivity contribution in [2.75, 3.05) is 0 Å². The Hall–Kier alpha value is -2.47. The summed E-state index contributed by atoms with van der Waals surface area (Å²) >= 11 is 6.16. The van der Waals surface area contributed by atoms with E-state index >= 15 is 0 Å². The highest BCUT2D eigenvalue weighted by Gasteiger charge is 2.08. The molecule has 7 heteroatoms. The summed E-state index contributed by atoms with van der Waals surface area (Å²) in [5, 5.41) is 7.92. The summed E-state index contributed by atoms with van der Waals surface area (Å²) in [6.45, 7) is 0.